The lowest BCUT2D eigenvalue weighted by atomic mass is 9.89. The van der Waals surface area contributed by atoms with E-state index >= 15 is 0 Å². The number of aromatic amines is 1. The number of H-pyrrole nitrogens is 1. The van der Waals surface area contributed by atoms with Crippen molar-refractivity contribution in [1.82, 2.24) is 24.9 Å². The summed E-state index contributed by atoms with van der Waals surface area (Å²) in [5, 5.41) is 5.73. The molecule has 4 rings (SSSR count). The van der Waals surface area contributed by atoms with E-state index < -0.39 is 5.82 Å². The number of aromatic nitrogens is 4. The molecule has 164 valence electrons. The molecule has 0 radical (unpaired) electrons. The van der Waals surface area contributed by atoms with Crippen LogP contribution in [0.1, 0.15) is 45.4 Å². The van der Waals surface area contributed by atoms with Crippen molar-refractivity contribution in [2.75, 3.05) is 5.32 Å². The van der Waals surface area contributed by atoms with Crippen LogP contribution in [0.4, 0.5) is 10.2 Å². The molecule has 1 amide bonds. The van der Waals surface area contributed by atoms with E-state index in [1.165, 1.54) is 5.01 Å². The second-order valence-corrected chi connectivity index (χ2v) is 8.23. The highest BCUT2D eigenvalue weighted by molar-refractivity contribution is 6.31. The molecule has 31 heavy (non-hydrogen) atoms. The SMILES string of the molecule is CCCC(=O)N(N)C1CCCCC1Nc1nc(-c2c[nH]c3ncc(Cl)cc23)ncc1F. The monoisotopic (exact) mass is 445 g/mol. The van der Waals surface area contributed by atoms with Crippen molar-refractivity contribution < 1.29 is 9.18 Å². The highest BCUT2D eigenvalue weighted by Gasteiger charge is 2.32. The van der Waals surface area contributed by atoms with Gasteiger partial charge in [-0.25, -0.2) is 25.2 Å². The lowest BCUT2D eigenvalue weighted by Gasteiger charge is -2.38. The Morgan fingerprint density at radius 1 is 1.35 bits per heavy atom. The van der Waals surface area contributed by atoms with Gasteiger partial charge >= 0.3 is 0 Å². The number of nitrogens with two attached hydrogens (primary N) is 1. The van der Waals surface area contributed by atoms with Crippen molar-refractivity contribution in [2.45, 2.75) is 57.5 Å². The molecule has 1 saturated carbocycles. The molecule has 0 aliphatic heterocycles. The van der Waals surface area contributed by atoms with E-state index in [1.54, 1.807) is 18.5 Å². The number of pyridine rings is 1. The van der Waals surface area contributed by atoms with Crippen LogP contribution in [0.25, 0.3) is 22.4 Å². The molecule has 1 fully saturated rings. The Morgan fingerprint density at radius 3 is 2.97 bits per heavy atom. The smallest absolute Gasteiger partial charge is 0.236 e. The number of carbonyl (C=O) groups is 1. The molecule has 0 saturated heterocycles. The molecule has 8 nitrogen and oxygen atoms in total. The number of carbonyl (C=O) groups excluding carboxylic acids is 1. The molecule has 0 aromatic carbocycles. The van der Waals surface area contributed by atoms with Gasteiger partial charge in [-0.3, -0.25) is 9.80 Å². The average molecular weight is 446 g/mol. The van der Waals surface area contributed by atoms with Crippen molar-refractivity contribution >= 4 is 34.4 Å². The summed E-state index contributed by atoms with van der Waals surface area (Å²) in [4.78, 5) is 28.2. The fourth-order valence-electron chi connectivity index (χ4n) is 4.08. The fraction of sp³-hybridized carbons (Fsp3) is 0.429. The Morgan fingerprint density at radius 2 is 2.16 bits per heavy atom. The zero-order chi connectivity index (χ0) is 22.0. The van der Waals surface area contributed by atoms with Gasteiger partial charge in [-0.2, -0.15) is 0 Å². The lowest BCUT2D eigenvalue weighted by Crippen LogP contribution is -2.54. The Kier molecular flexibility index (Phi) is 6.33. The molecule has 3 heterocycles. The van der Waals surface area contributed by atoms with E-state index in [1.807, 2.05) is 6.92 Å². The lowest BCUT2D eigenvalue weighted by molar-refractivity contribution is -0.134. The number of halogens is 2. The van der Waals surface area contributed by atoms with Crippen LogP contribution < -0.4 is 11.2 Å². The third-order valence-corrected chi connectivity index (χ3v) is 5.85. The van der Waals surface area contributed by atoms with Crippen LogP contribution in [-0.2, 0) is 4.79 Å². The maximum atomic E-state index is 14.6. The van der Waals surface area contributed by atoms with Gasteiger partial charge in [0.15, 0.2) is 17.5 Å². The van der Waals surface area contributed by atoms with E-state index in [2.05, 4.69) is 25.3 Å². The first-order chi connectivity index (χ1) is 15.0. The van der Waals surface area contributed by atoms with E-state index in [-0.39, 0.29) is 23.8 Å². The predicted octanol–water partition coefficient (Wildman–Crippen LogP) is 4.04. The third-order valence-electron chi connectivity index (χ3n) is 5.64. The number of hydrazine groups is 1. The average Bonchev–Trinajstić information content (AvgIpc) is 3.18. The van der Waals surface area contributed by atoms with Crippen molar-refractivity contribution in [3.8, 4) is 11.4 Å². The number of hydrogen-bond donors (Lipinski definition) is 3. The first-order valence-electron chi connectivity index (χ1n) is 10.5. The van der Waals surface area contributed by atoms with Gasteiger partial charge in [-0.1, -0.05) is 31.4 Å². The number of amides is 1. The van der Waals surface area contributed by atoms with Crippen molar-refractivity contribution in [2.24, 2.45) is 5.84 Å². The molecule has 3 aromatic rings. The maximum absolute atomic E-state index is 14.6. The minimum atomic E-state index is -0.562. The minimum Gasteiger partial charge on any atom is -0.363 e. The van der Waals surface area contributed by atoms with Gasteiger partial charge in [0.05, 0.1) is 17.3 Å². The first kappa shape index (κ1) is 21.5. The first-order valence-corrected chi connectivity index (χ1v) is 10.8. The number of rotatable bonds is 6. The molecule has 1 aliphatic carbocycles. The van der Waals surface area contributed by atoms with Crippen molar-refractivity contribution in [1.29, 1.82) is 0 Å². The van der Waals surface area contributed by atoms with E-state index in [0.29, 0.717) is 28.5 Å². The Hall–Kier alpha value is -2.78. The molecule has 10 heteroatoms. The maximum Gasteiger partial charge on any atom is 0.236 e. The van der Waals surface area contributed by atoms with Crippen LogP contribution in [0.3, 0.4) is 0 Å². The Labute approximate surface area is 184 Å². The zero-order valence-electron chi connectivity index (χ0n) is 17.2. The van der Waals surface area contributed by atoms with E-state index in [9.17, 15) is 9.18 Å². The van der Waals surface area contributed by atoms with Crippen LogP contribution >= 0.6 is 11.6 Å². The summed E-state index contributed by atoms with van der Waals surface area (Å²) >= 11 is 6.08. The molecule has 2 atom stereocenters. The second kappa shape index (κ2) is 9.15. The second-order valence-electron chi connectivity index (χ2n) is 7.80. The summed E-state index contributed by atoms with van der Waals surface area (Å²) in [7, 11) is 0. The van der Waals surface area contributed by atoms with Crippen LogP contribution in [0.5, 0.6) is 0 Å². The van der Waals surface area contributed by atoms with Crippen molar-refractivity contribution in [3.05, 3.63) is 35.5 Å². The Bertz CT molecular complexity index is 1090. The number of nitrogens with zero attached hydrogens (tertiary/aromatic N) is 4. The molecule has 2 unspecified atom stereocenters. The van der Waals surface area contributed by atoms with Crippen molar-refractivity contribution in [3.63, 3.8) is 0 Å². The summed E-state index contributed by atoms with van der Waals surface area (Å²) in [6.45, 7) is 1.94. The minimum absolute atomic E-state index is 0.0857. The van der Waals surface area contributed by atoms with Gasteiger partial charge in [0, 0.05) is 35.8 Å². The van der Waals surface area contributed by atoms with Gasteiger partial charge in [0.1, 0.15) is 5.65 Å². The topological polar surface area (TPSA) is 113 Å². The molecule has 3 aromatic heterocycles. The molecule has 1 aliphatic rings. The van der Waals surface area contributed by atoms with Gasteiger partial charge in [-0.05, 0) is 25.3 Å². The molecule has 0 bridgehead atoms. The summed E-state index contributed by atoms with van der Waals surface area (Å²) in [5.41, 5.74) is 1.31. The number of anilines is 1. The fourth-order valence-corrected chi connectivity index (χ4v) is 4.24. The van der Waals surface area contributed by atoms with Crippen LogP contribution in [0.15, 0.2) is 24.7 Å². The van der Waals surface area contributed by atoms with E-state index in [4.69, 9.17) is 17.4 Å². The Balaban J connectivity index is 1.62. The van der Waals surface area contributed by atoms with Crippen LogP contribution in [-0.4, -0.2) is 42.9 Å². The highest BCUT2D eigenvalue weighted by atomic mass is 35.5. The largest absolute Gasteiger partial charge is 0.363 e. The molecule has 4 N–H and O–H groups in total. The summed E-state index contributed by atoms with van der Waals surface area (Å²) < 4.78 is 14.6. The highest BCUT2D eigenvalue weighted by Crippen LogP contribution is 2.30. The molecular weight excluding hydrogens is 421 g/mol. The standard InChI is InChI=1S/C21H25ClFN7O/c1-2-5-18(31)30(24)17-7-4-3-6-16(17)28-21-15(23)11-27-20(29-21)14-10-26-19-13(14)8-12(22)9-25-19/h8-11,16-17H,2-7,24H2,1H3,(H,25,26)(H,27,28,29). The summed E-state index contributed by atoms with van der Waals surface area (Å²) in [6.07, 6.45) is 8.99. The van der Waals surface area contributed by atoms with Crippen LogP contribution in [0.2, 0.25) is 5.02 Å². The summed E-state index contributed by atoms with van der Waals surface area (Å²) in [5.74, 6) is 5.90. The van der Waals surface area contributed by atoms with Gasteiger partial charge in [0.2, 0.25) is 5.91 Å². The zero-order valence-corrected chi connectivity index (χ0v) is 18.0. The third kappa shape index (κ3) is 4.47. The van der Waals surface area contributed by atoms with Gasteiger partial charge < -0.3 is 10.3 Å². The molecular formula is C21H25ClFN7O. The molecule has 0 spiro atoms. The number of fused-ring (bicyclic) bond motifs is 1. The predicted molar refractivity (Wildman–Crippen MR) is 118 cm³/mol. The van der Waals surface area contributed by atoms with Crippen LogP contribution in [0, 0.1) is 5.82 Å². The van der Waals surface area contributed by atoms with Gasteiger partial charge in [0.25, 0.3) is 0 Å². The van der Waals surface area contributed by atoms with E-state index in [0.717, 1.165) is 43.7 Å². The summed E-state index contributed by atoms with van der Waals surface area (Å²) in [6, 6.07) is 1.34. The quantitative estimate of drug-likeness (QED) is 0.300. The number of hydrogen-bond acceptors (Lipinski definition) is 6. The number of nitrogens with one attached hydrogen (secondary N) is 2. The van der Waals surface area contributed by atoms with Gasteiger partial charge in [-0.15, -0.1) is 0 Å². The normalized spacial score (nSPS) is 18.8.